The van der Waals surface area contributed by atoms with Gasteiger partial charge in [-0.1, -0.05) is 23.2 Å². The Hall–Kier alpha value is -2.73. The van der Waals surface area contributed by atoms with E-state index in [1.807, 2.05) is 18.2 Å². The van der Waals surface area contributed by atoms with Crippen LogP contribution in [0.25, 0.3) is 11.3 Å². The zero-order valence-corrected chi connectivity index (χ0v) is 27.1. The molecule has 0 bridgehead atoms. The number of nitrogens with one attached hydrogen (secondary N) is 1. The number of hydrogen-bond acceptors (Lipinski definition) is 9. The van der Waals surface area contributed by atoms with Gasteiger partial charge in [0.2, 0.25) is 17.7 Å². The summed E-state index contributed by atoms with van der Waals surface area (Å²) in [6.45, 7) is 7.99. The van der Waals surface area contributed by atoms with Crippen LogP contribution in [0.4, 0.5) is 5.95 Å². The van der Waals surface area contributed by atoms with E-state index >= 15 is 0 Å². The second kappa shape index (κ2) is 15.0. The summed E-state index contributed by atoms with van der Waals surface area (Å²) in [5.74, 6) is 2.20. The van der Waals surface area contributed by atoms with Crippen LogP contribution in [0.2, 0.25) is 10.0 Å². The molecule has 1 aromatic carbocycles. The molecule has 0 radical (unpaired) electrons. The molecule has 0 spiro atoms. The van der Waals surface area contributed by atoms with Crippen molar-refractivity contribution in [2.75, 3.05) is 64.4 Å². The van der Waals surface area contributed by atoms with Crippen molar-refractivity contribution >= 4 is 47.5 Å². The summed E-state index contributed by atoms with van der Waals surface area (Å²) in [5, 5.41) is 3.82. The third-order valence-electron chi connectivity index (χ3n) is 8.46. The molecule has 1 N–H and O–H groups in total. The molecule has 1 amide bonds. The van der Waals surface area contributed by atoms with Gasteiger partial charge in [0, 0.05) is 67.9 Å². The summed E-state index contributed by atoms with van der Waals surface area (Å²) in [5.41, 5.74) is 2.60. The summed E-state index contributed by atoms with van der Waals surface area (Å²) in [4.78, 5) is 32.9. The molecule has 0 unspecified atom stereocenters. The number of benzene rings is 1. The van der Waals surface area contributed by atoms with Gasteiger partial charge in [-0.2, -0.15) is 0 Å². The molecule has 0 saturated carbocycles. The number of carbonyl (C=O) groups excluding carboxylic acids is 1. The van der Waals surface area contributed by atoms with Crippen LogP contribution < -0.4 is 15.0 Å². The summed E-state index contributed by atoms with van der Waals surface area (Å²) < 4.78 is 11.6. The average Bonchev–Trinajstić information content (AvgIpc) is 2.97. The van der Waals surface area contributed by atoms with Crippen LogP contribution in [0.1, 0.15) is 24.8 Å². The summed E-state index contributed by atoms with van der Waals surface area (Å²) in [7, 11) is 1.69. The number of amides is 1. The number of pyridine rings is 1. The lowest BCUT2D eigenvalue weighted by Gasteiger charge is -2.42. The Morgan fingerprint density at radius 2 is 1.66 bits per heavy atom. The topological polar surface area (TPSA) is 96.0 Å². The predicted molar refractivity (Wildman–Crippen MR) is 174 cm³/mol. The van der Waals surface area contributed by atoms with Crippen molar-refractivity contribution < 1.29 is 14.3 Å². The van der Waals surface area contributed by atoms with Crippen LogP contribution in [0.5, 0.6) is 11.6 Å². The van der Waals surface area contributed by atoms with Gasteiger partial charge < -0.3 is 19.7 Å². The maximum atomic E-state index is 11.8. The van der Waals surface area contributed by atoms with Crippen molar-refractivity contribution in [2.24, 2.45) is 5.92 Å². The fourth-order valence-electron chi connectivity index (χ4n) is 5.89. The minimum Gasteiger partial charge on any atom is -0.436 e. The van der Waals surface area contributed by atoms with Gasteiger partial charge in [-0.05, 0) is 61.7 Å². The Bertz CT molecular complexity index is 1390. The van der Waals surface area contributed by atoms with E-state index in [1.54, 1.807) is 25.5 Å². The number of aromatic nitrogens is 3. The zero-order chi connectivity index (χ0) is 29.8. The van der Waals surface area contributed by atoms with Crippen molar-refractivity contribution in [3.63, 3.8) is 0 Å². The maximum absolute atomic E-state index is 11.8. The minimum absolute atomic E-state index is 0. The molecular weight excluding hydrogens is 625 g/mol. The molecule has 3 aromatic rings. The van der Waals surface area contributed by atoms with E-state index in [0.717, 1.165) is 88.7 Å². The fourth-order valence-corrected chi connectivity index (χ4v) is 6.42. The standard InChI is InChI=1S/C31H37Cl2N7O3.ClH/c1-34-29(41)11-21-2-4-38(5-3-21)18-22-10-28(23-13-24(32)15-25(33)14-23)37-30(12-22)43-27-16-35-31(36-17-27)40-8-6-39(7-9-40)26-19-42-20-26;/h10,12-17,21,26H,2-9,11,18-20H2,1H3,(H,34,41);1H. The number of piperidine rings is 1. The molecule has 3 aliphatic heterocycles. The number of rotatable bonds is 9. The summed E-state index contributed by atoms with van der Waals surface area (Å²) in [6.07, 6.45) is 5.98. The highest BCUT2D eigenvalue weighted by molar-refractivity contribution is 6.35. The predicted octanol–water partition coefficient (Wildman–Crippen LogP) is 4.93. The SMILES string of the molecule is CNC(=O)CC1CCN(Cc2cc(Oc3cnc(N4CCN(C5COC5)CC4)nc3)nc(-c3cc(Cl)cc(Cl)c3)c2)CC1.Cl. The molecule has 5 heterocycles. The molecule has 3 aliphatic rings. The minimum atomic E-state index is 0. The maximum Gasteiger partial charge on any atom is 0.225 e. The number of ether oxygens (including phenoxy) is 2. The lowest BCUT2D eigenvalue weighted by molar-refractivity contribution is -0.121. The molecule has 44 heavy (non-hydrogen) atoms. The largest absolute Gasteiger partial charge is 0.436 e. The van der Waals surface area contributed by atoms with Crippen LogP contribution in [-0.2, 0) is 16.1 Å². The first-order valence-corrected chi connectivity index (χ1v) is 15.6. The smallest absolute Gasteiger partial charge is 0.225 e. The Morgan fingerprint density at radius 3 is 2.27 bits per heavy atom. The lowest BCUT2D eigenvalue weighted by Crippen LogP contribution is -2.56. The first kappa shape index (κ1) is 32.7. The van der Waals surface area contributed by atoms with E-state index in [2.05, 4.69) is 36.1 Å². The van der Waals surface area contributed by atoms with E-state index < -0.39 is 0 Å². The Balaban J connectivity index is 0.00000384. The van der Waals surface area contributed by atoms with Crippen LogP contribution >= 0.6 is 35.6 Å². The number of likely N-dealkylation sites (tertiary alicyclic amines) is 1. The van der Waals surface area contributed by atoms with E-state index in [1.165, 1.54) is 0 Å². The normalized spacial score (nSPS) is 18.4. The number of piperazine rings is 1. The Morgan fingerprint density at radius 1 is 0.977 bits per heavy atom. The number of hydrogen-bond donors (Lipinski definition) is 1. The fraction of sp³-hybridized carbons (Fsp3) is 0.484. The first-order valence-electron chi connectivity index (χ1n) is 14.9. The van der Waals surface area contributed by atoms with E-state index in [-0.39, 0.29) is 18.3 Å². The lowest BCUT2D eigenvalue weighted by atomic mass is 9.93. The number of nitrogens with zero attached hydrogens (tertiary/aromatic N) is 6. The molecule has 0 atom stereocenters. The van der Waals surface area contributed by atoms with E-state index in [0.29, 0.717) is 46.0 Å². The number of carbonyl (C=O) groups is 1. The van der Waals surface area contributed by atoms with Crippen molar-refractivity contribution in [3.05, 3.63) is 58.3 Å². The van der Waals surface area contributed by atoms with Gasteiger partial charge in [0.25, 0.3) is 0 Å². The zero-order valence-electron chi connectivity index (χ0n) is 24.8. The second-order valence-electron chi connectivity index (χ2n) is 11.5. The molecule has 3 fully saturated rings. The molecular formula is C31H38Cl3N7O3. The summed E-state index contributed by atoms with van der Waals surface area (Å²) in [6, 6.07) is 9.98. The van der Waals surface area contributed by atoms with E-state index in [4.69, 9.17) is 37.7 Å². The molecule has 236 valence electrons. The highest BCUT2D eigenvalue weighted by Gasteiger charge is 2.29. The Labute approximate surface area is 274 Å². The van der Waals surface area contributed by atoms with Crippen LogP contribution in [0.3, 0.4) is 0 Å². The number of anilines is 1. The summed E-state index contributed by atoms with van der Waals surface area (Å²) >= 11 is 12.7. The van der Waals surface area contributed by atoms with Crippen LogP contribution in [0.15, 0.2) is 42.7 Å². The highest BCUT2D eigenvalue weighted by atomic mass is 35.5. The third-order valence-corrected chi connectivity index (χ3v) is 8.89. The molecule has 10 nitrogen and oxygen atoms in total. The van der Waals surface area contributed by atoms with Crippen molar-refractivity contribution in [1.82, 2.24) is 30.1 Å². The average molecular weight is 663 g/mol. The van der Waals surface area contributed by atoms with Gasteiger partial charge in [-0.3, -0.25) is 14.6 Å². The highest BCUT2D eigenvalue weighted by Crippen LogP contribution is 2.31. The second-order valence-corrected chi connectivity index (χ2v) is 12.4. The molecule has 0 aliphatic carbocycles. The van der Waals surface area contributed by atoms with Crippen LogP contribution in [0, 0.1) is 5.92 Å². The van der Waals surface area contributed by atoms with Crippen LogP contribution in [-0.4, -0.2) is 96.2 Å². The van der Waals surface area contributed by atoms with Gasteiger partial charge in [0.1, 0.15) is 0 Å². The van der Waals surface area contributed by atoms with Gasteiger partial charge in [0.05, 0.1) is 37.3 Å². The van der Waals surface area contributed by atoms with Crippen molar-refractivity contribution in [3.8, 4) is 22.9 Å². The molecule has 2 aromatic heterocycles. The van der Waals surface area contributed by atoms with Crippen molar-refractivity contribution in [2.45, 2.75) is 31.8 Å². The van der Waals surface area contributed by atoms with Gasteiger partial charge in [0.15, 0.2) is 5.75 Å². The molecule has 3 saturated heterocycles. The van der Waals surface area contributed by atoms with Gasteiger partial charge >= 0.3 is 0 Å². The monoisotopic (exact) mass is 661 g/mol. The first-order chi connectivity index (χ1) is 20.9. The number of halogens is 3. The van der Waals surface area contributed by atoms with E-state index in [9.17, 15) is 4.79 Å². The Kier molecular flexibility index (Phi) is 11.2. The third kappa shape index (κ3) is 8.29. The molecule has 13 heteroatoms. The van der Waals surface area contributed by atoms with Gasteiger partial charge in [-0.15, -0.1) is 12.4 Å². The van der Waals surface area contributed by atoms with Crippen molar-refractivity contribution in [1.29, 1.82) is 0 Å². The quantitative estimate of drug-likeness (QED) is 0.342. The molecule has 6 rings (SSSR count). The van der Waals surface area contributed by atoms with Gasteiger partial charge in [-0.25, -0.2) is 15.0 Å².